The van der Waals surface area contributed by atoms with Crippen LogP contribution in [0.15, 0.2) is 57.1 Å². The zero-order valence-electron chi connectivity index (χ0n) is 19.9. The summed E-state index contributed by atoms with van der Waals surface area (Å²) in [6, 6.07) is -0.374. The molecule has 1 unspecified atom stereocenters. The van der Waals surface area contributed by atoms with Crippen LogP contribution < -0.4 is 5.43 Å². The third kappa shape index (κ3) is 6.89. The van der Waals surface area contributed by atoms with Crippen LogP contribution in [-0.4, -0.2) is 87.5 Å². The molecule has 1 N–H and O–H groups in total. The van der Waals surface area contributed by atoms with Crippen LogP contribution in [-0.2, 0) is 19.3 Å². The zero-order chi connectivity index (χ0) is 26.5. The molecule has 0 spiro atoms. The average molecular weight is 532 g/mol. The second kappa shape index (κ2) is 11.2. The molecule has 1 saturated heterocycles. The fourth-order valence-electron chi connectivity index (χ4n) is 3.58. The van der Waals surface area contributed by atoms with Crippen LogP contribution in [0.2, 0.25) is 0 Å². The molecular formula is C22H28F3N5O5S. The summed E-state index contributed by atoms with van der Waals surface area (Å²) < 4.78 is 72.1. The highest BCUT2D eigenvalue weighted by Crippen LogP contribution is 2.26. The molecule has 0 radical (unpaired) electrons. The van der Waals surface area contributed by atoms with Crippen LogP contribution in [0.4, 0.5) is 18.0 Å². The number of nitrogens with one attached hydrogen (secondary N) is 1. The first-order valence-electron chi connectivity index (χ1n) is 11.0. The highest BCUT2D eigenvalue weighted by Gasteiger charge is 2.45. The normalized spacial score (nSPS) is 22.5. The van der Waals surface area contributed by atoms with Crippen LogP contribution in [0, 0.1) is 0 Å². The first kappa shape index (κ1) is 27.3. The van der Waals surface area contributed by atoms with Gasteiger partial charge < -0.3 is 14.4 Å². The summed E-state index contributed by atoms with van der Waals surface area (Å²) in [5.74, 6) is 0.318. The van der Waals surface area contributed by atoms with E-state index in [0.717, 1.165) is 5.76 Å². The molecule has 36 heavy (non-hydrogen) atoms. The SMILES string of the molecule is C=N/C(=C\C=C(/C)C1=NNC(C(F)(F)F)O1)CN(C(=O)N1CCS(=O)(=O)CC1)C1=CC=C(OC)CC1. The Morgan fingerprint density at radius 2 is 2.03 bits per heavy atom. The summed E-state index contributed by atoms with van der Waals surface area (Å²) >= 11 is 0. The minimum Gasteiger partial charge on any atom is -0.501 e. The van der Waals surface area contributed by atoms with Crippen molar-refractivity contribution in [1.29, 1.82) is 0 Å². The van der Waals surface area contributed by atoms with Crippen molar-refractivity contribution in [3.05, 3.63) is 47.0 Å². The van der Waals surface area contributed by atoms with E-state index < -0.39 is 22.2 Å². The van der Waals surface area contributed by atoms with E-state index in [1.165, 1.54) is 28.9 Å². The number of carbonyl (C=O) groups excluding carboxylic acids is 1. The maximum Gasteiger partial charge on any atom is 0.446 e. The fourth-order valence-corrected chi connectivity index (χ4v) is 4.78. The van der Waals surface area contributed by atoms with E-state index in [9.17, 15) is 26.4 Å². The fraction of sp³-hybridized carbons (Fsp3) is 0.500. The van der Waals surface area contributed by atoms with E-state index in [-0.39, 0.29) is 43.1 Å². The molecule has 1 aliphatic carbocycles. The molecule has 2 heterocycles. The Balaban J connectivity index is 1.80. The van der Waals surface area contributed by atoms with Gasteiger partial charge in [-0.3, -0.25) is 15.3 Å². The number of urea groups is 1. The summed E-state index contributed by atoms with van der Waals surface area (Å²) in [6.07, 6.45) is 0.737. The van der Waals surface area contributed by atoms with E-state index in [4.69, 9.17) is 9.47 Å². The Hall–Kier alpha value is -3.29. The first-order chi connectivity index (χ1) is 16.9. The number of amides is 2. The third-order valence-electron chi connectivity index (χ3n) is 5.74. The lowest BCUT2D eigenvalue weighted by molar-refractivity contribution is -0.201. The van der Waals surface area contributed by atoms with E-state index in [0.29, 0.717) is 29.8 Å². The molecular weight excluding hydrogens is 503 g/mol. The molecule has 3 rings (SSSR count). The molecule has 2 amide bonds. The van der Waals surface area contributed by atoms with Crippen molar-refractivity contribution in [3.8, 4) is 0 Å². The number of ether oxygens (including phenoxy) is 2. The summed E-state index contributed by atoms with van der Waals surface area (Å²) in [4.78, 5) is 20.3. The summed E-state index contributed by atoms with van der Waals surface area (Å²) in [7, 11) is -1.62. The molecule has 0 bridgehead atoms. The van der Waals surface area contributed by atoms with Gasteiger partial charge in [-0.15, -0.1) is 5.10 Å². The number of allylic oxidation sites excluding steroid dienone is 6. The Bertz CT molecular complexity index is 1130. The van der Waals surface area contributed by atoms with Crippen molar-refractivity contribution in [2.75, 3.05) is 38.2 Å². The van der Waals surface area contributed by atoms with Gasteiger partial charge >= 0.3 is 12.2 Å². The Morgan fingerprint density at radius 3 is 2.56 bits per heavy atom. The average Bonchev–Trinajstić information content (AvgIpc) is 3.35. The van der Waals surface area contributed by atoms with E-state index >= 15 is 0 Å². The maximum atomic E-state index is 13.4. The maximum absolute atomic E-state index is 13.4. The van der Waals surface area contributed by atoms with E-state index in [2.05, 4.69) is 16.8 Å². The lowest BCUT2D eigenvalue weighted by Gasteiger charge is -2.34. The molecule has 2 aliphatic heterocycles. The van der Waals surface area contributed by atoms with Crippen molar-refractivity contribution in [1.82, 2.24) is 15.2 Å². The minimum atomic E-state index is -4.62. The van der Waals surface area contributed by atoms with Gasteiger partial charge in [-0.25, -0.2) is 13.2 Å². The standard InChI is InChI=1S/C22H28F3N5O5S/c1-15(19-27-28-20(35-19)22(23,24)25)4-5-16(26-2)14-30(17-6-8-18(34-3)9-7-17)21(31)29-10-12-36(32,33)13-11-29/h4-6,8,20,28H,2,7,9-14H2,1,3H3/b15-4+,16-5-. The predicted octanol–water partition coefficient (Wildman–Crippen LogP) is 2.70. The van der Waals surface area contributed by atoms with Crippen molar-refractivity contribution in [2.45, 2.75) is 32.2 Å². The highest BCUT2D eigenvalue weighted by molar-refractivity contribution is 7.91. The second-order valence-electron chi connectivity index (χ2n) is 8.25. The number of carbonyl (C=O) groups is 1. The lowest BCUT2D eigenvalue weighted by atomic mass is 10.1. The number of hydrazone groups is 1. The predicted molar refractivity (Wildman–Crippen MR) is 128 cm³/mol. The number of rotatable bonds is 7. The quantitative estimate of drug-likeness (QED) is 0.399. The summed E-state index contributed by atoms with van der Waals surface area (Å²) in [5.41, 5.74) is 3.23. The molecule has 0 aromatic carbocycles. The molecule has 14 heteroatoms. The second-order valence-corrected chi connectivity index (χ2v) is 10.6. The van der Waals surface area contributed by atoms with Gasteiger partial charge in [0, 0.05) is 30.8 Å². The van der Waals surface area contributed by atoms with Gasteiger partial charge in [0.15, 0.2) is 9.84 Å². The number of sulfone groups is 1. The zero-order valence-corrected chi connectivity index (χ0v) is 20.7. The van der Waals surface area contributed by atoms with E-state index in [1.54, 1.807) is 19.3 Å². The van der Waals surface area contributed by atoms with Crippen molar-refractivity contribution in [2.24, 2.45) is 10.1 Å². The Kier molecular flexibility index (Phi) is 8.48. The van der Waals surface area contributed by atoms with Gasteiger partial charge in [-0.2, -0.15) is 13.2 Å². The number of nitrogens with zero attached hydrogens (tertiary/aromatic N) is 4. The topological polar surface area (TPSA) is 113 Å². The lowest BCUT2D eigenvalue weighted by Crippen LogP contribution is -2.50. The van der Waals surface area contributed by atoms with Gasteiger partial charge in [0.2, 0.25) is 5.90 Å². The number of alkyl halides is 3. The highest BCUT2D eigenvalue weighted by atomic mass is 32.2. The van der Waals surface area contributed by atoms with Gasteiger partial charge in [-0.05, 0) is 38.3 Å². The summed E-state index contributed by atoms with van der Waals surface area (Å²) in [5, 5.41) is 3.57. The molecule has 10 nitrogen and oxygen atoms in total. The number of hydrogen-bond donors (Lipinski definition) is 1. The first-order valence-corrected chi connectivity index (χ1v) is 12.9. The monoisotopic (exact) mass is 531 g/mol. The van der Waals surface area contributed by atoms with Crippen LogP contribution >= 0.6 is 0 Å². The van der Waals surface area contributed by atoms with Crippen LogP contribution in [0.5, 0.6) is 0 Å². The Labute approximate surface area is 207 Å². The van der Waals surface area contributed by atoms with Gasteiger partial charge in [0.1, 0.15) is 0 Å². The van der Waals surface area contributed by atoms with Crippen LogP contribution in [0.3, 0.4) is 0 Å². The largest absolute Gasteiger partial charge is 0.501 e. The molecule has 1 atom stereocenters. The number of halogens is 3. The van der Waals surface area contributed by atoms with Crippen molar-refractivity contribution in [3.63, 3.8) is 0 Å². The molecule has 3 aliphatic rings. The Morgan fingerprint density at radius 1 is 1.33 bits per heavy atom. The van der Waals surface area contributed by atoms with E-state index in [1.807, 2.05) is 5.43 Å². The van der Waals surface area contributed by atoms with Crippen molar-refractivity contribution < 1.29 is 35.9 Å². The van der Waals surface area contributed by atoms with Gasteiger partial charge in [0.05, 0.1) is 36.6 Å². The molecule has 0 aromatic heterocycles. The van der Waals surface area contributed by atoms with Crippen LogP contribution in [0.25, 0.3) is 0 Å². The molecule has 198 valence electrons. The molecule has 1 fully saturated rings. The van der Waals surface area contributed by atoms with Crippen LogP contribution in [0.1, 0.15) is 19.8 Å². The van der Waals surface area contributed by atoms with Gasteiger partial charge in [-0.1, -0.05) is 6.08 Å². The minimum absolute atomic E-state index is 0.00805. The number of aliphatic imine (C=N–C) groups is 1. The summed E-state index contributed by atoms with van der Waals surface area (Å²) in [6.45, 7) is 5.23. The van der Waals surface area contributed by atoms with Crippen molar-refractivity contribution >= 4 is 28.5 Å². The number of methoxy groups -OCH3 is 1. The molecule has 0 aromatic rings. The smallest absolute Gasteiger partial charge is 0.446 e. The van der Waals surface area contributed by atoms with Gasteiger partial charge in [0.25, 0.3) is 6.23 Å². The molecule has 0 saturated carbocycles. The third-order valence-corrected chi connectivity index (χ3v) is 7.35. The number of hydrogen-bond acceptors (Lipinski definition) is 8.